The molecule has 1 aliphatic heterocycles. The molecule has 6 nitrogen and oxygen atoms in total. The molecular formula is C14H20N2O4. The van der Waals surface area contributed by atoms with Crippen LogP contribution in [0.1, 0.15) is 30.6 Å². The Bertz CT molecular complexity index is 502. The Morgan fingerprint density at radius 2 is 2.05 bits per heavy atom. The number of nitrogens with two attached hydrogens (primary N) is 1. The zero-order chi connectivity index (χ0) is 14.7. The molecule has 0 saturated carbocycles. The molecule has 0 spiro atoms. The van der Waals surface area contributed by atoms with E-state index in [4.69, 9.17) is 15.2 Å². The summed E-state index contributed by atoms with van der Waals surface area (Å²) in [5.41, 5.74) is 6.47. The molecule has 1 aliphatic rings. The third-order valence-electron chi connectivity index (χ3n) is 3.03. The van der Waals surface area contributed by atoms with Crippen LogP contribution in [-0.2, 0) is 0 Å². The van der Waals surface area contributed by atoms with Crippen molar-refractivity contribution in [2.45, 2.75) is 26.4 Å². The van der Waals surface area contributed by atoms with Crippen molar-refractivity contribution in [2.24, 2.45) is 5.92 Å². The summed E-state index contributed by atoms with van der Waals surface area (Å²) in [4.78, 5) is 12.1. The van der Waals surface area contributed by atoms with Crippen LogP contribution in [0.15, 0.2) is 12.1 Å². The third-order valence-corrected chi connectivity index (χ3v) is 3.03. The van der Waals surface area contributed by atoms with Crippen molar-refractivity contribution in [1.82, 2.24) is 5.32 Å². The molecule has 1 amide bonds. The Morgan fingerprint density at radius 1 is 1.40 bits per heavy atom. The van der Waals surface area contributed by atoms with Crippen LogP contribution >= 0.6 is 0 Å². The maximum atomic E-state index is 12.1. The largest absolute Gasteiger partial charge is 0.454 e. The lowest BCUT2D eigenvalue weighted by atomic mass is 10.1. The molecule has 4 N–H and O–H groups in total. The number of aliphatic hydroxyl groups is 1. The van der Waals surface area contributed by atoms with E-state index in [9.17, 15) is 9.90 Å². The lowest BCUT2D eigenvalue weighted by Crippen LogP contribution is -2.33. The van der Waals surface area contributed by atoms with Crippen molar-refractivity contribution >= 4 is 11.6 Å². The molecule has 1 heterocycles. The highest BCUT2D eigenvalue weighted by Gasteiger charge is 2.20. The number of rotatable bonds is 5. The summed E-state index contributed by atoms with van der Waals surface area (Å²) >= 11 is 0. The van der Waals surface area contributed by atoms with Gasteiger partial charge in [-0.15, -0.1) is 0 Å². The summed E-state index contributed by atoms with van der Waals surface area (Å²) in [6.45, 7) is 4.36. The summed E-state index contributed by atoms with van der Waals surface area (Å²) in [5, 5.41) is 12.4. The maximum Gasteiger partial charge on any atom is 0.253 e. The number of nitrogens with one attached hydrogen (secondary N) is 1. The lowest BCUT2D eigenvalue weighted by Gasteiger charge is -2.14. The zero-order valence-corrected chi connectivity index (χ0v) is 11.7. The highest BCUT2D eigenvalue weighted by atomic mass is 16.7. The first kappa shape index (κ1) is 14.5. The molecule has 0 saturated heterocycles. The Kier molecular flexibility index (Phi) is 4.34. The fraction of sp³-hybridized carbons (Fsp3) is 0.500. The number of benzene rings is 1. The number of fused-ring (bicyclic) bond motifs is 1. The average Bonchev–Trinajstić information content (AvgIpc) is 2.81. The first-order valence-electron chi connectivity index (χ1n) is 6.62. The van der Waals surface area contributed by atoms with Gasteiger partial charge in [-0.2, -0.15) is 0 Å². The smallest absolute Gasteiger partial charge is 0.253 e. The minimum absolute atomic E-state index is 0.132. The molecule has 0 aliphatic carbocycles. The van der Waals surface area contributed by atoms with Gasteiger partial charge in [-0.05, 0) is 18.4 Å². The van der Waals surface area contributed by atoms with Crippen molar-refractivity contribution < 1.29 is 19.4 Å². The van der Waals surface area contributed by atoms with Gasteiger partial charge in [0.2, 0.25) is 6.79 Å². The van der Waals surface area contributed by atoms with E-state index in [1.807, 2.05) is 13.8 Å². The van der Waals surface area contributed by atoms with E-state index in [1.165, 1.54) is 0 Å². The fourth-order valence-corrected chi connectivity index (χ4v) is 2.09. The molecule has 6 heteroatoms. The van der Waals surface area contributed by atoms with Gasteiger partial charge in [0.15, 0.2) is 11.5 Å². The first-order valence-corrected chi connectivity index (χ1v) is 6.62. The number of carbonyl (C=O) groups excluding carboxylic acids is 1. The van der Waals surface area contributed by atoms with Crippen molar-refractivity contribution in [3.8, 4) is 11.5 Å². The maximum absolute atomic E-state index is 12.1. The van der Waals surface area contributed by atoms with Crippen LogP contribution in [0.3, 0.4) is 0 Å². The number of ether oxygens (including phenoxy) is 2. The van der Waals surface area contributed by atoms with E-state index >= 15 is 0 Å². The van der Waals surface area contributed by atoms with Gasteiger partial charge in [-0.25, -0.2) is 0 Å². The van der Waals surface area contributed by atoms with Gasteiger partial charge in [0.05, 0.1) is 11.7 Å². The second kappa shape index (κ2) is 6.00. The van der Waals surface area contributed by atoms with E-state index in [1.54, 1.807) is 12.1 Å². The number of nitrogen functional groups attached to an aromatic ring is 1. The quantitative estimate of drug-likeness (QED) is 0.703. The van der Waals surface area contributed by atoms with E-state index < -0.39 is 6.10 Å². The second-order valence-electron chi connectivity index (χ2n) is 5.29. The van der Waals surface area contributed by atoms with Gasteiger partial charge < -0.3 is 25.6 Å². The minimum Gasteiger partial charge on any atom is -0.454 e. The van der Waals surface area contributed by atoms with Crippen molar-refractivity contribution in [2.75, 3.05) is 19.1 Å². The molecule has 1 atom stereocenters. The van der Waals surface area contributed by atoms with Crippen LogP contribution in [0.25, 0.3) is 0 Å². The predicted octanol–water partition coefficient (Wildman–Crippen LogP) is 1.13. The van der Waals surface area contributed by atoms with E-state index in [0.717, 1.165) is 0 Å². The Hall–Kier alpha value is -1.95. The average molecular weight is 280 g/mol. The van der Waals surface area contributed by atoms with Crippen LogP contribution in [0.5, 0.6) is 11.5 Å². The predicted molar refractivity (Wildman–Crippen MR) is 74.8 cm³/mol. The Labute approximate surface area is 117 Å². The molecule has 1 aromatic carbocycles. The van der Waals surface area contributed by atoms with E-state index in [0.29, 0.717) is 35.1 Å². The highest BCUT2D eigenvalue weighted by molar-refractivity contribution is 6.00. The number of anilines is 1. The van der Waals surface area contributed by atoms with Gasteiger partial charge in [0.1, 0.15) is 0 Å². The van der Waals surface area contributed by atoms with Gasteiger partial charge in [0.25, 0.3) is 5.91 Å². The summed E-state index contributed by atoms with van der Waals surface area (Å²) in [7, 11) is 0. The van der Waals surface area contributed by atoms with E-state index in [-0.39, 0.29) is 19.2 Å². The number of amides is 1. The van der Waals surface area contributed by atoms with Crippen LogP contribution in [0.4, 0.5) is 5.69 Å². The second-order valence-corrected chi connectivity index (χ2v) is 5.29. The van der Waals surface area contributed by atoms with Crippen LogP contribution < -0.4 is 20.5 Å². The molecule has 0 aromatic heterocycles. The molecule has 20 heavy (non-hydrogen) atoms. The van der Waals surface area contributed by atoms with Crippen LogP contribution in [0, 0.1) is 5.92 Å². The van der Waals surface area contributed by atoms with Crippen molar-refractivity contribution in [3.63, 3.8) is 0 Å². The number of hydrogen-bond donors (Lipinski definition) is 3. The molecule has 2 rings (SSSR count). The summed E-state index contributed by atoms with van der Waals surface area (Å²) in [5.74, 6) is 1.09. The normalized spacial score (nSPS) is 14.4. The molecule has 0 radical (unpaired) electrons. The molecule has 0 bridgehead atoms. The summed E-state index contributed by atoms with van der Waals surface area (Å²) in [6.07, 6.45) is 0.0749. The SMILES string of the molecule is CC(C)CC(O)CNC(=O)c1cc2c(cc1N)OCO2. The van der Waals surface area contributed by atoms with Gasteiger partial charge in [-0.1, -0.05) is 13.8 Å². The fourth-order valence-electron chi connectivity index (χ4n) is 2.09. The summed E-state index contributed by atoms with van der Waals surface area (Å²) in [6, 6.07) is 3.13. The molecule has 1 aromatic rings. The Morgan fingerprint density at radius 3 is 2.70 bits per heavy atom. The van der Waals surface area contributed by atoms with Crippen LogP contribution in [0.2, 0.25) is 0 Å². The van der Waals surface area contributed by atoms with Gasteiger partial charge in [-0.3, -0.25) is 4.79 Å². The highest BCUT2D eigenvalue weighted by Crippen LogP contribution is 2.35. The number of hydrogen-bond acceptors (Lipinski definition) is 5. The first-order chi connectivity index (χ1) is 9.47. The Balaban J connectivity index is 1.99. The number of carbonyl (C=O) groups is 1. The number of aliphatic hydroxyl groups excluding tert-OH is 1. The molecule has 110 valence electrons. The van der Waals surface area contributed by atoms with E-state index in [2.05, 4.69) is 5.32 Å². The molecule has 1 unspecified atom stereocenters. The van der Waals surface area contributed by atoms with Crippen molar-refractivity contribution in [3.05, 3.63) is 17.7 Å². The minimum atomic E-state index is -0.561. The lowest BCUT2D eigenvalue weighted by molar-refractivity contribution is 0.0900. The molecule has 0 fully saturated rings. The zero-order valence-electron chi connectivity index (χ0n) is 11.7. The van der Waals surface area contributed by atoms with Gasteiger partial charge in [0, 0.05) is 18.3 Å². The third kappa shape index (κ3) is 3.33. The van der Waals surface area contributed by atoms with Crippen molar-refractivity contribution in [1.29, 1.82) is 0 Å². The standard InChI is InChI=1S/C14H20N2O4/c1-8(2)3-9(17)6-16-14(18)10-4-12-13(5-11(10)15)20-7-19-12/h4-5,8-9,17H,3,6-7,15H2,1-2H3,(H,16,18). The topological polar surface area (TPSA) is 93.8 Å². The van der Waals surface area contributed by atoms with Gasteiger partial charge >= 0.3 is 0 Å². The van der Waals surface area contributed by atoms with Crippen LogP contribution in [-0.4, -0.2) is 30.5 Å². The molecular weight excluding hydrogens is 260 g/mol. The summed E-state index contributed by atoms with van der Waals surface area (Å²) < 4.78 is 10.4. The monoisotopic (exact) mass is 280 g/mol.